The number of halogens is 3. The molecular formula is C18H17F3N2O3S. The van der Waals surface area contributed by atoms with Gasteiger partial charge in [0.05, 0.1) is 21.4 Å². The second-order valence-corrected chi connectivity index (χ2v) is 7.39. The lowest BCUT2D eigenvalue weighted by Crippen LogP contribution is -2.24. The first-order valence-corrected chi connectivity index (χ1v) is 8.77. The van der Waals surface area contributed by atoms with Crippen LogP contribution in [0.25, 0.3) is 0 Å². The number of nitrogens with zero attached hydrogens (tertiary/aromatic N) is 1. The van der Waals surface area contributed by atoms with Crippen LogP contribution in [0.3, 0.4) is 0 Å². The highest BCUT2D eigenvalue weighted by molar-refractivity contribution is 8.00. The van der Waals surface area contributed by atoms with E-state index in [0.717, 1.165) is 28.2 Å². The lowest BCUT2D eigenvalue weighted by molar-refractivity contribution is -0.385. The number of aryl methyl sites for hydroxylation is 2. The van der Waals surface area contributed by atoms with Gasteiger partial charge in [-0.25, -0.2) is 0 Å². The Balaban J connectivity index is 2.21. The second-order valence-electron chi connectivity index (χ2n) is 5.98. The number of thioether (sulfide) groups is 1. The Morgan fingerprint density at radius 2 is 1.81 bits per heavy atom. The first-order chi connectivity index (χ1) is 12.5. The fourth-order valence-corrected chi connectivity index (χ4v) is 3.23. The number of non-ortho nitro benzene ring substituents is 1. The Morgan fingerprint density at radius 1 is 1.15 bits per heavy atom. The zero-order valence-electron chi connectivity index (χ0n) is 14.8. The van der Waals surface area contributed by atoms with Gasteiger partial charge in [0.1, 0.15) is 0 Å². The van der Waals surface area contributed by atoms with E-state index in [2.05, 4.69) is 5.32 Å². The van der Waals surface area contributed by atoms with E-state index in [0.29, 0.717) is 6.07 Å². The van der Waals surface area contributed by atoms with Gasteiger partial charge in [-0.1, -0.05) is 6.07 Å². The van der Waals surface area contributed by atoms with E-state index in [-0.39, 0.29) is 0 Å². The summed E-state index contributed by atoms with van der Waals surface area (Å²) in [5.41, 5.74) is -0.323. The third-order valence-corrected chi connectivity index (χ3v) is 5.03. The number of amides is 1. The predicted octanol–water partition coefficient (Wildman–Crippen LogP) is 5.35. The molecule has 2 rings (SSSR count). The number of hydrogen-bond acceptors (Lipinski definition) is 4. The molecule has 0 radical (unpaired) electrons. The highest BCUT2D eigenvalue weighted by Crippen LogP contribution is 2.37. The van der Waals surface area contributed by atoms with Crippen molar-refractivity contribution in [1.82, 2.24) is 0 Å². The Kier molecular flexibility index (Phi) is 6.15. The number of anilines is 1. The van der Waals surface area contributed by atoms with E-state index in [1.807, 2.05) is 32.0 Å². The molecule has 2 aromatic carbocycles. The molecule has 1 N–H and O–H groups in total. The standard InChI is InChI=1S/C18H17F3N2O3S/c1-10-4-6-14(8-11(10)2)27-12(3)17(24)22-16-7-5-13(23(25)26)9-15(16)18(19,20)21/h4-9,12H,1-3H3,(H,22,24)/t12-/m1/s1. The van der Waals surface area contributed by atoms with Gasteiger partial charge in [-0.2, -0.15) is 13.2 Å². The average molecular weight is 398 g/mol. The zero-order chi connectivity index (χ0) is 20.4. The predicted molar refractivity (Wildman–Crippen MR) is 98.0 cm³/mol. The van der Waals surface area contributed by atoms with Crippen LogP contribution < -0.4 is 5.32 Å². The first kappa shape index (κ1) is 20.8. The molecule has 27 heavy (non-hydrogen) atoms. The lowest BCUT2D eigenvalue weighted by Gasteiger charge is -2.16. The molecule has 9 heteroatoms. The van der Waals surface area contributed by atoms with Gasteiger partial charge in [0.2, 0.25) is 5.91 Å². The van der Waals surface area contributed by atoms with Gasteiger partial charge < -0.3 is 5.32 Å². The van der Waals surface area contributed by atoms with Crippen LogP contribution in [-0.4, -0.2) is 16.1 Å². The molecular weight excluding hydrogens is 381 g/mol. The summed E-state index contributed by atoms with van der Waals surface area (Å²) in [6.45, 7) is 5.46. The van der Waals surface area contributed by atoms with Gasteiger partial charge in [0.25, 0.3) is 5.69 Å². The molecule has 0 heterocycles. The van der Waals surface area contributed by atoms with Gasteiger partial charge in [-0.15, -0.1) is 11.8 Å². The highest BCUT2D eigenvalue weighted by atomic mass is 32.2. The Bertz CT molecular complexity index is 885. The van der Waals surface area contributed by atoms with Gasteiger partial charge >= 0.3 is 6.18 Å². The van der Waals surface area contributed by atoms with E-state index in [1.54, 1.807) is 6.92 Å². The fraction of sp³-hybridized carbons (Fsp3) is 0.278. The molecule has 1 amide bonds. The molecule has 0 saturated carbocycles. The molecule has 0 aromatic heterocycles. The van der Waals surface area contributed by atoms with Crippen LogP contribution in [-0.2, 0) is 11.0 Å². The summed E-state index contributed by atoms with van der Waals surface area (Å²) in [6, 6.07) is 7.87. The van der Waals surface area contributed by atoms with Crippen molar-refractivity contribution in [3.63, 3.8) is 0 Å². The normalized spacial score (nSPS) is 12.5. The maximum absolute atomic E-state index is 13.2. The minimum Gasteiger partial charge on any atom is -0.325 e. The summed E-state index contributed by atoms with van der Waals surface area (Å²) < 4.78 is 39.6. The fourth-order valence-electron chi connectivity index (χ4n) is 2.27. The summed E-state index contributed by atoms with van der Waals surface area (Å²) in [5, 5.41) is 12.3. The first-order valence-electron chi connectivity index (χ1n) is 7.89. The van der Waals surface area contributed by atoms with Crippen molar-refractivity contribution in [3.8, 4) is 0 Å². The third-order valence-electron chi connectivity index (χ3n) is 3.94. The topological polar surface area (TPSA) is 72.2 Å². The lowest BCUT2D eigenvalue weighted by atomic mass is 10.1. The summed E-state index contributed by atoms with van der Waals surface area (Å²) in [5.74, 6) is -0.627. The third kappa shape index (κ3) is 5.22. The number of nitrogens with one attached hydrogen (secondary N) is 1. The van der Waals surface area contributed by atoms with Crippen molar-refractivity contribution < 1.29 is 22.9 Å². The number of carbonyl (C=O) groups excluding carboxylic acids is 1. The second kappa shape index (κ2) is 7.99. The van der Waals surface area contributed by atoms with Gasteiger partial charge in [-0.3, -0.25) is 14.9 Å². The molecule has 0 unspecified atom stereocenters. The molecule has 5 nitrogen and oxygen atoms in total. The van der Waals surface area contributed by atoms with Crippen LogP contribution >= 0.6 is 11.8 Å². The molecule has 1 atom stereocenters. The number of rotatable bonds is 5. The molecule has 144 valence electrons. The van der Waals surface area contributed by atoms with Crippen molar-refractivity contribution >= 4 is 29.0 Å². The average Bonchev–Trinajstić information content (AvgIpc) is 2.57. The van der Waals surface area contributed by atoms with Crippen LogP contribution in [0.1, 0.15) is 23.6 Å². The Hall–Kier alpha value is -2.55. The van der Waals surface area contributed by atoms with E-state index in [4.69, 9.17) is 0 Å². The molecule has 0 aliphatic heterocycles. The smallest absolute Gasteiger partial charge is 0.325 e. The molecule has 0 aliphatic carbocycles. The van der Waals surface area contributed by atoms with Crippen molar-refractivity contribution in [2.75, 3.05) is 5.32 Å². The zero-order valence-corrected chi connectivity index (χ0v) is 15.6. The number of hydrogen-bond donors (Lipinski definition) is 1. The molecule has 0 saturated heterocycles. The van der Waals surface area contributed by atoms with Crippen LogP contribution in [0.15, 0.2) is 41.3 Å². The number of nitro groups is 1. The van der Waals surface area contributed by atoms with E-state index < -0.39 is 39.2 Å². The molecule has 0 bridgehead atoms. The van der Waals surface area contributed by atoms with E-state index in [1.165, 1.54) is 11.8 Å². The minimum atomic E-state index is -4.83. The quantitative estimate of drug-likeness (QED) is 0.419. The van der Waals surface area contributed by atoms with E-state index in [9.17, 15) is 28.1 Å². The van der Waals surface area contributed by atoms with Crippen LogP contribution in [0.4, 0.5) is 24.5 Å². The summed E-state index contributed by atoms with van der Waals surface area (Å²) in [6.07, 6.45) is -4.83. The number of alkyl halides is 3. The summed E-state index contributed by atoms with van der Waals surface area (Å²) in [7, 11) is 0. The monoisotopic (exact) mass is 398 g/mol. The maximum atomic E-state index is 13.2. The largest absolute Gasteiger partial charge is 0.418 e. The van der Waals surface area contributed by atoms with Gasteiger partial charge in [-0.05, 0) is 50.1 Å². The maximum Gasteiger partial charge on any atom is 0.418 e. The summed E-state index contributed by atoms with van der Waals surface area (Å²) >= 11 is 1.21. The Morgan fingerprint density at radius 3 is 2.37 bits per heavy atom. The molecule has 0 spiro atoms. The number of carbonyl (C=O) groups is 1. The van der Waals surface area contributed by atoms with Gasteiger partial charge in [0.15, 0.2) is 0 Å². The molecule has 0 fully saturated rings. The van der Waals surface area contributed by atoms with Crippen molar-refractivity contribution in [2.45, 2.75) is 37.1 Å². The SMILES string of the molecule is Cc1ccc(S[C@H](C)C(=O)Nc2ccc([N+](=O)[O-])cc2C(F)(F)F)cc1C. The number of benzene rings is 2. The van der Waals surface area contributed by atoms with Crippen molar-refractivity contribution in [2.24, 2.45) is 0 Å². The van der Waals surface area contributed by atoms with Crippen LogP contribution in [0.5, 0.6) is 0 Å². The highest BCUT2D eigenvalue weighted by Gasteiger charge is 2.36. The van der Waals surface area contributed by atoms with E-state index >= 15 is 0 Å². The number of nitro benzene ring substituents is 1. The van der Waals surface area contributed by atoms with Crippen molar-refractivity contribution in [1.29, 1.82) is 0 Å². The van der Waals surface area contributed by atoms with Crippen molar-refractivity contribution in [3.05, 3.63) is 63.2 Å². The molecule has 2 aromatic rings. The summed E-state index contributed by atoms with van der Waals surface area (Å²) in [4.78, 5) is 23.0. The molecule has 0 aliphatic rings. The van der Waals surface area contributed by atoms with Gasteiger partial charge in [0, 0.05) is 17.0 Å². The Labute approximate surface area is 158 Å². The van der Waals surface area contributed by atoms with Crippen LogP contribution in [0.2, 0.25) is 0 Å². The minimum absolute atomic E-state index is 0.413. The van der Waals surface area contributed by atoms with Crippen LogP contribution in [0, 0.1) is 24.0 Å².